The SMILES string of the molecule is CC(C)C[C@H](NC(=O)[C@H](C)NC(=O)[C@@H]1CCCN1C(=O)CNC(=O)CNC(=O)[C@H](Cc1ccc(O)cc1)NC(=O)[C@H](CS)NC(=O)[C@@H](N)CS)C(=O)O. The molecule has 1 aromatic carbocycles. The molecule has 0 spiro atoms. The Bertz CT molecular complexity index is 1480. The minimum Gasteiger partial charge on any atom is -0.508 e. The summed E-state index contributed by atoms with van der Waals surface area (Å²) in [5, 5.41) is 33.8. The number of aliphatic carboxylic acids is 1. The van der Waals surface area contributed by atoms with Gasteiger partial charge in [-0.2, -0.15) is 25.3 Å². The normalized spacial score (nSPS) is 16.7. The maximum Gasteiger partial charge on any atom is 0.326 e. The molecule has 0 aromatic heterocycles. The highest BCUT2D eigenvalue weighted by atomic mass is 32.1. The van der Waals surface area contributed by atoms with E-state index in [4.69, 9.17) is 5.73 Å². The van der Waals surface area contributed by atoms with E-state index >= 15 is 0 Å². The molecule has 1 heterocycles. The number of carboxylic acids is 1. The van der Waals surface area contributed by atoms with Crippen LogP contribution < -0.4 is 37.6 Å². The highest BCUT2D eigenvalue weighted by Gasteiger charge is 2.36. The average molecular weight is 783 g/mol. The third-order valence-electron chi connectivity index (χ3n) is 8.17. The molecule has 0 unspecified atom stereocenters. The minimum atomic E-state index is -1.24. The van der Waals surface area contributed by atoms with Crippen LogP contribution in [-0.2, 0) is 44.8 Å². The zero-order valence-corrected chi connectivity index (χ0v) is 31.6. The van der Waals surface area contributed by atoms with Gasteiger partial charge in [-0.1, -0.05) is 26.0 Å². The fraction of sp³-hybridized carbons (Fsp3) is 0.576. The number of benzene rings is 1. The lowest BCUT2D eigenvalue weighted by atomic mass is 10.0. The van der Waals surface area contributed by atoms with Gasteiger partial charge in [0.2, 0.25) is 41.4 Å². The lowest BCUT2D eigenvalue weighted by Crippen LogP contribution is -2.57. The van der Waals surface area contributed by atoms with Crippen LogP contribution in [0.1, 0.15) is 45.6 Å². The molecule has 53 heavy (non-hydrogen) atoms. The quantitative estimate of drug-likeness (QED) is 0.0612. The molecule has 294 valence electrons. The number of amides is 7. The molecule has 1 aromatic rings. The molecule has 10 N–H and O–H groups in total. The second-order valence-corrected chi connectivity index (χ2v) is 13.7. The summed E-state index contributed by atoms with van der Waals surface area (Å²) in [4.78, 5) is 103. The first-order valence-corrected chi connectivity index (χ1v) is 18.3. The van der Waals surface area contributed by atoms with Gasteiger partial charge in [-0.15, -0.1) is 0 Å². The molecule has 20 heteroatoms. The summed E-state index contributed by atoms with van der Waals surface area (Å²) < 4.78 is 0. The number of nitrogens with one attached hydrogen (secondary N) is 6. The topological polar surface area (TPSA) is 278 Å². The molecule has 0 bridgehead atoms. The second kappa shape index (κ2) is 21.8. The van der Waals surface area contributed by atoms with E-state index in [-0.39, 0.29) is 42.6 Å². The predicted molar refractivity (Wildman–Crippen MR) is 199 cm³/mol. The monoisotopic (exact) mass is 782 g/mol. The standard InChI is InChI=1S/C33H50N8O10S2/c1-17(2)11-23(33(50)51)39-28(45)18(3)37-32(49)25-5-4-10-41(25)27(44)14-35-26(43)13-36-30(47)22(12-19-6-8-20(42)9-7-19)38-31(48)24(16-53)40-29(46)21(34)15-52/h6-9,17-18,21-25,42,52-53H,4-5,10-16,34H2,1-3H3,(H,35,43)(H,36,47)(H,37,49)(H,38,48)(H,39,45)(H,40,46)(H,50,51)/t18-,21-,22-,23-,24-,25-/m0/s1. The van der Waals surface area contributed by atoms with Gasteiger partial charge in [-0.05, 0) is 49.8 Å². The van der Waals surface area contributed by atoms with Crippen LogP contribution in [0.3, 0.4) is 0 Å². The van der Waals surface area contributed by atoms with Crippen molar-refractivity contribution >= 4 is 72.6 Å². The molecule has 2 rings (SSSR count). The van der Waals surface area contributed by atoms with Crippen LogP contribution in [0.5, 0.6) is 5.75 Å². The van der Waals surface area contributed by atoms with Gasteiger partial charge in [0.25, 0.3) is 0 Å². The number of hydrogen-bond acceptors (Lipinski definition) is 12. The van der Waals surface area contributed by atoms with Crippen molar-refractivity contribution < 1.29 is 48.6 Å². The summed E-state index contributed by atoms with van der Waals surface area (Å²) in [5.74, 6) is -6.12. The van der Waals surface area contributed by atoms with E-state index in [2.05, 4.69) is 57.2 Å². The summed E-state index contributed by atoms with van der Waals surface area (Å²) in [6, 6.07) is -0.664. The first kappa shape index (κ1) is 44.6. The lowest BCUT2D eigenvalue weighted by molar-refractivity contribution is -0.143. The summed E-state index contributed by atoms with van der Waals surface area (Å²) in [6.45, 7) is 4.15. The molecule has 0 radical (unpaired) electrons. The number of carbonyl (C=O) groups excluding carboxylic acids is 7. The van der Waals surface area contributed by atoms with Crippen LogP contribution in [-0.4, -0.2) is 130 Å². The first-order valence-electron chi connectivity index (χ1n) is 17.0. The molecule has 1 aliphatic heterocycles. The average Bonchev–Trinajstić information content (AvgIpc) is 3.61. The first-order chi connectivity index (χ1) is 25.0. The van der Waals surface area contributed by atoms with Crippen LogP contribution in [0.25, 0.3) is 0 Å². The van der Waals surface area contributed by atoms with Crippen LogP contribution in [0, 0.1) is 5.92 Å². The van der Waals surface area contributed by atoms with Crippen molar-refractivity contribution in [1.29, 1.82) is 0 Å². The highest BCUT2D eigenvalue weighted by Crippen LogP contribution is 2.18. The Morgan fingerprint density at radius 3 is 2.02 bits per heavy atom. The van der Waals surface area contributed by atoms with E-state index in [0.717, 1.165) is 0 Å². The van der Waals surface area contributed by atoms with Crippen molar-refractivity contribution in [3.8, 4) is 5.75 Å². The molecule has 1 fully saturated rings. The molecule has 7 amide bonds. The third-order valence-corrected chi connectivity index (χ3v) is 8.93. The molecular weight excluding hydrogens is 733 g/mol. The van der Waals surface area contributed by atoms with Gasteiger partial charge in [0.1, 0.15) is 36.0 Å². The summed E-state index contributed by atoms with van der Waals surface area (Å²) in [7, 11) is 0. The van der Waals surface area contributed by atoms with Gasteiger partial charge >= 0.3 is 5.97 Å². The molecule has 1 aliphatic rings. The number of carboxylic acid groups (broad SMARTS) is 1. The van der Waals surface area contributed by atoms with Crippen molar-refractivity contribution in [2.75, 3.05) is 31.1 Å². The van der Waals surface area contributed by atoms with Crippen molar-refractivity contribution in [2.24, 2.45) is 11.7 Å². The predicted octanol–water partition coefficient (Wildman–Crippen LogP) is -2.57. The number of nitrogens with two attached hydrogens (primary N) is 1. The van der Waals surface area contributed by atoms with Crippen molar-refractivity contribution in [3.05, 3.63) is 29.8 Å². The van der Waals surface area contributed by atoms with Gasteiger partial charge < -0.3 is 52.7 Å². The minimum absolute atomic E-state index is 0.000997. The number of thiol groups is 2. The van der Waals surface area contributed by atoms with Crippen LogP contribution >= 0.6 is 25.3 Å². The second-order valence-electron chi connectivity index (χ2n) is 13.0. The number of nitrogens with zero attached hydrogens (tertiary/aromatic N) is 1. The zero-order valence-electron chi connectivity index (χ0n) is 29.8. The van der Waals surface area contributed by atoms with Crippen LogP contribution in [0.4, 0.5) is 0 Å². The molecule has 6 atom stereocenters. The van der Waals surface area contributed by atoms with Gasteiger partial charge in [-0.25, -0.2) is 4.79 Å². The van der Waals surface area contributed by atoms with Crippen LogP contribution in [0.2, 0.25) is 0 Å². The van der Waals surface area contributed by atoms with E-state index < -0.39 is 96.7 Å². The lowest BCUT2D eigenvalue weighted by Gasteiger charge is -2.26. The maximum absolute atomic E-state index is 13.2. The van der Waals surface area contributed by atoms with E-state index in [1.807, 2.05) is 13.8 Å². The van der Waals surface area contributed by atoms with E-state index in [1.165, 1.54) is 36.1 Å². The highest BCUT2D eigenvalue weighted by molar-refractivity contribution is 7.80. The largest absolute Gasteiger partial charge is 0.508 e. The number of hydrogen-bond donors (Lipinski definition) is 11. The zero-order chi connectivity index (χ0) is 39.8. The Morgan fingerprint density at radius 1 is 0.811 bits per heavy atom. The Labute approximate surface area is 318 Å². The van der Waals surface area contributed by atoms with Crippen molar-refractivity contribution in [3.63, 3.8) is 0 Å². The van der Waals surface area contributed by atoms with E-state index in [9.17, 15) is 48.6 Å². The molecular formula is C33H50N8O10S2. The Morgan fingerprint density at radius 2 is 1.43 bits per heavy atom. The number of rotatable bonds is 20. The number of likely N-dealkylation sites (tertiary alicyclic amines) is 1. The number of aromatic hydroxyl groups is 1. The van der Waals surface area contributed by atoms with Crippen molar-refractivity contribution in [1.82, 2.24) is 36.8 Å². The number of phenolic OH excluding ortho intramolecular Hbond substituents is 1. The van der Waals surface area contributed by atoms with Gasteiger partial charge in [0, 0.05) is 24.5 Å². The molecule has 0 saturated carbocycles. The smallest absolute Gasteiger partial charge is 0.326 e. The van der Waals surface area contributed by atoms with Crippen molar-refractivity contribution in [2.45, 2.75) is 82.7 Å². The van der Waals surface area contributed by atoms with E-state index in [1.54, 1.807) is 0 Å². The molecule has 1 saturated heterocycles. The molecule has 18 nitrogen and oxygen atoms in total. The molecule has 0 aliphatic carbocycles. The third kappa shape index (κ3) is 14.8. The van der Waals surface area contributed by atoms with Gasteiger partial charge in [0.15, 0.2) is 0 Å². The summed E-state index contributed by atoms with van der Waals surface area (Å²) in [6.07, 6.45) is 0.925. The Balaban J connectivity index is 1.97. The Kier molecular flexibility index (Phi) is 18.4. The number of carbonyl (C=O) groups is 8. The van der Waals surface area contributed by atoms with Gasteiger partial charge in [-0.3, -0.25) is 33.6 Å². The van der Waals surface area contributed by atoms with Gasteiger partial charge in [0.05, 0.1) is 19.1 Å². The fourth-order valence-corrected chi connectivity index (χ4v) is 5.66. The number of phenols is 1. The maximum atomic E-state index is 13.2. The van der Waals surface area contributed by atoms with Crippen LogP contribution in [0.15, 0.2) is 24.3 Å². The fourth-order valence-electron chi connectivity index (χ4n) is 5.24. The Hall–Kier alpha value is -4.56. The van der Waals surface area contributed by atoms with E-state index in [0.29, 0.717) is 18.4 Å². The summed E-state index contributed by atoms with van der Waals surface area (Å²) in [5.41, 5.74) is 6.22. The summed E-state index contributed by atoms with van der Waals surface area (Å²) >= 11 is 8.08.